The van der Waals surface area contributed by atoms with Crippen molar-refractivity contribution in [1.82, 2.24) is 9.80 Å². The summed E-state index contributed by atoms with van der Waals surface area (Å²) in [4.78, 5) is 17.9. The van der Waals surface area contributed by atoms with Gasteiger partial charge in [0.25, 0.3) is 5.91 Å². The molecule has 108 valence electrons. The van der Waals surface area contributed by atoms with E-state index in [-0.39, 0.29) is 5.91 Å². The van der Waals surface area contributed by atoms with Crippen molar-refractivity contribution in [3.63, 3.8) is 0 Å². The van der Waals surface area contributed by atoms with Gasteiger partial charge in [-0.2, -0.15) is 0 Å². The van der Waals surface area contributed by atoms with Crippen LogP contribution in [0.25, 0.3) is 0 Å². The molecule has 3 rings (SSSR count). The van der Waals surface area contributed by atoms with Crippen LogP contribution in [0.5, 0.6) is 0 Å². The summed E-state index contributed by atoms with van der Waals surface area (Å²) < 4.78 is 0. The average molecular weight is 290 g/mol. The summed E-state index contributed by atoms with van der Waals surface area (Å²) in [5.74, 6) is 0.134. The lowest BCUT2D eigenvalue weighted by Crippen LogP contribution is -2.41. The minimum atomic E-state index is 0.134. The molecule has 2 aliphatic heterocycles. The van der Waals surface area contributed by atoms with E-state index in [1.807, 2.05) is 29.2 Å². The van der Waals surface area contributed by atoms with Crippen molar-refractivity contribution in [2.75, 3.05) is 26.2 Å². The first-order valence-corrected chi connectivity index (χ1v) is 8.02. The zero-order chi connectivity index (χ0) is 13.9. The van der Waals surface area contributed by atoms with Crippen molar-refractivity contribution in [3.05, 3.63) is 29.8 Å². The zero-order valence-corrected chi connectivity index (χ0v) is 12.7. The minimum absolute atomic E-state index is 0.134. The number of hydrogen-bond donors (Lipinski definition) is 1. The van der Waals surface area contributed by atoms with Gasteiger partial charge in [0.2, 0.25) is 0 Å². The smallest absolute Gasteiger partial charge is 0.255 e. The Morgan fingerprint density at radius 1 is 1.10 bits per heavy atom. The molecule has 3 nitrogen and oxygen atoms in total. The molecule has 1 atom stereocenters. The van der Waals surface area contributed by atoms with Crippen LogP contribution >= 0.6 is 12.6 Å². The Labute approximate surface area is 126 Å². The van der Waals surface area contributed by atoms with E-state index in [1.54, 1.807) is 0 Å². The standard InChI is InChI=1S/C16H22N2OS/c19-16(14-6-2-3-7-15(14)20)18-11-8-13(12-18)17-9-4-1-5-10-17/h2-3,6-7,13,20H,1,4-5,8-12H2. The molecule has 20 heavy (non-hydrogen) atoms. The number of carbonyl (C=O) groups is 1. The second-order valence-corrected chi connectivity index (χ2v) is 6.29. The predicted molar refractivity (Wildman–Crippen MR) is 83.4 cm³/mol. The molecule has 0 aliphatic carbocycles. The maximum Gasteiger partial charge on any atom is 0.255 e. The van der Waals surface area contributed by atoms with Crippen molar-refractivity contribution in [2.45, 2.75) is 36.6 Å². The molecule has 1 amide bonds. The fraction of sp³-hybridized carbons (Fsp3) is 0.562. The molecule has 1 aromatic carbocycles. The fourth-order valence-electron chi connectivity index (χ4n) is 3.33. The van der Waals surface area contributed by atoms with E-state index in [9.17, 15) is 4.79 Å². The number of carbonyl (C=O) groups excluding carboxylic acids is 1. The van der Waals surface area contributed by atoms with Crippen LogP contribution in [-0.2, 0) is 0 Å². The lowest BCUT2D eigenvalue weighted by atomic mass is 10.1. The van der Waals surface area contributed by atoms with Gasteiger partial charge in [0, 0.05) is 24.0 Å². The molecule has 0 radical (unpaired) electrons. The first-order chi connectivity index (χ1) is 9.75. The Hall–Kier alpha value is -1.00. The van der Waals surface area contributed by atoms with Crippen LogP contribution in [-0.4, -0.2) is 47.9 Å². The molecule has 1 unspecified atom stereocenters. The van der Waals surface area contributed by atoms with Crippen LogP contribution in [0, 0.1) is 0 Å². The molecule has 2 saturated heterocycles. The number of nitrogens with zero attached hydrogens (tertiary/aromatic N) is 2. The summed E-state index contributed by atoms with van der Waals surface area (Å²) in [6.07, 6.45) is 5.09. The van der Waals surface area contributed by atoms with E-state index < -0.39 is 0 Å². The van der Waals surface area contributed by atoms with Gasteiger partial charge in [0.05, 0.1) is 5.56 Å². The second kappa shape index (κ2) is 6.19. The van der Waals surface area contributed by atoms with Crippen molar-refractivity contribution in [1.29, 1.82) is 0 Å². The number of thiol groups is 1. The van der Waals surface area contributed by atoms with Gasteiger partial charge in [0.15, 0.2) is 0 Å². The summed E-state index contributed by atoms with van der Waals surface area (Å²) >= 11 is 4.40. The molecule has 0 spiro atoms. The average Bonchev–Trinajstić information content (AvgIpc) is 2.98. The SMILES string of the molecule is O=C(c1ccccc1S)N1CCC(N2CCCCC2)C1. The predicted octanol–water partition coefficient (Wildman–Crippen LogP) is 2.68. The zero-order valence-electron chi connectivity index (χ0n) is 11.8. The summed E-state index contributed by atoms with van der Waals surface area (Å²) in [5, 5.41) is 0. The van der Waals surface area contributed by atoms with E-state index in [2.05, 4.69) is 17.5 Å². The van der Waals surface area contributed by atoms with Gasteiger partial charge in [-0.1, -0.05) is 18.6 Å². The van der Waals surface area contributed by atoms with Gasteiger partial charge < -0.3 is 4.90 Å². The Balaban J connectivity index is 1.65. The number of benzene rings is 1. The molecular weight excluding hydrogens is 268 g/mol. The molecule has 0 bridgehead atoms. The number of likely N-dealkylation sites (tertiary alicyclic amines) is 2. The van der Waals surface area contributed by atoms with Gasteiger partial charge in [-0.3, -0.25) is 9.69 Å². The van der Waals surface area contributed by atoms with Crippen LogP contribution < -0.4 is 0 Å². The number of amides is 1. The van der Waals surface area contributed by atoms with Crippen molar-refractivity contribution < 1.29 is 4.79 Å². The first kappa shape index (κ1) is 14.0. The van der Waals surface area contributed by atoms with Gasteiger partial charge in [0.1, 0.15) is 0 Å². The third kappa shape index (κ3) is 2.86. The Morgan fingerprint density at radius 2 is 1.85 bits per heavy atom. The molecule has 0 aromatic heterocycles. The topological polar surface area (TPSA) is 23.6 Å². The molecular formula is C16H22N2OS. The lowest BCUT2D eigenvalue weighted by molar-refractivity contribution is 0.0768. The summed E-state index contributed by atoms with van der Waals surface area (Å²) in [5.41, 5.74) is 0.732. The molecule has 4 heteroatoms. The van der Waals surface area contributed by atoms with E-state index in [1.165, 1.54) is 32.4 Å². The van der Waals surface area contributed by atoms with Gasteiger partial charge in [-0.25, -0.2) is 0 Å². The number of hydrogen-bond acceptors (Lipinski definition) is 3. The summed E-state index contributed by atoms with van der Waals surface area (Å²) in [7, 11) is 0. The largest absolute Gasteiger partial charge is 0.337 e. The van der Waals surface area contributed by atoms with Gasteiger partial charge in [-0.05, 0) is 44.5 Å². The number of rotatable bonds is 2. The summed E-state index contributed by atoms with van der Waals surface area (Å²) in [6.45, 7) is 4.16. The van der Waals surface area contributed by atoms with E-state index in [0.29, 0.717) is 6.04 Å². The Morgan fingerprint density at radius 3 is 2.60 bits per heavy atom. The molecule has 2 heterocycles. The second-order valence-electron chi connectivity index (χ2n) is 5.81. The van der Waals surface area contributed by atoms with Crippen molar-refractivity contribution in [3.8, 4) is 0 Å². The Bertz CT molecular complexity index is 485. The first-order valence-electron chi connectivity index (χ1n) is 7.57. The lowest BCUT2D eigenvalue weighted by Gasteiger charge is -2.32. The third-order valence-corrected chi connectivity index (χ3v) is 4.88. The normalized spacial score (nSPS) is 24.1. The number of piperidine rings is 1. The third-order valence-electron chi connectivity index (χ3n) is 4.49. The van der Waals surface area contributed by atoms with Crippen LogP contribution in [0.3, 0.4) is 0 Å². The highest BCUT2D eigenvalue weighted by Crippen LogP contribution is 2.23. The molecule has 2 fully saturated rings. The van der Waals surface area contributed by atoms with Crippen molar-refractivity contribution >= 4 is 18.5 Å². The molecule has 0 N–H and O–H groups in total. The van der Waals surface area contributed by atoms with Gasteiger partial charge >= 0.3 is 0 Å². The quantitative estimate of drug-likeness (QED) is 0.847. The van der Waals surface area contributed by atoms with Crippen molar-refractivity contribution in [2.24, 2.45) is 0 Å². The molecule has 0 saturated carbocycles. The van der Waals surface area contributed by atoms with E-state index >= 15 is 0 Å². The van der Waals surface area contributed by atoms with Gasteiger partial charge in [-0.15, -0.1) is 12.6 Å². The van der Waals surface area contributed by atoms with Crippen LogP contribution in [0.4, 0.5) is 0 Å². The molecule has 1 aromatic rings. The molecule has 2 aliphatic rings. The van der Waals surface area contributed by atoms with Crippen LogP contribution in [0.1, 0.15) is 36.0 Å². The van der Waals surface area contributed by atoms with Crippen LogP contribution in [0.2, 0.25) is 0 Å². The highest BCUT2D eigenvalue weighted by atomic mass is 32.1. The monoisotopic (exact) mass is 290 g/mol. The highest BCUT2D eigenvalue weighted by molar-refractivity contribution is 7.80. The fourth-order valence-corrected chi connectivity index (χ4v) is 3.59. The maximum atomic E-state index is 12.6. The summed E-state index contributed by atoms with van der Waals surface area (Å²) in [6, 6.07) is 8.14. The maximum absolute atomic E-state index is 12.6. The van der Waals surface area contributed by atoms with E-state index in [0.717, 1.165) is 30.0 Å². The Kier molecular flexibility index (Phi) is 4.32. The minimum Gasteiger partial charge on any atom is -0.337 e. The van der Waals surface area contributed by atoms with E-state index in [4.69, 9.17) is 0 Å². The van der Waals surface area contributed by atoms with Crippen LogP contribution in [0.15, 0.2) is 29.2 Å². The highest BCUT2D eigenvalue weighted by Gasteiger charge is 2.31.